The van der Waals surface area contributed by atoms with Crippen molar-refractivity contribution >= 4 is 0 Å². The summed E-state index contributed by atoms with van der Waals surface area (Å²) in [4.78, 5) is 0. The largest absolute Gasteiger partial charge is 0.396 e. The standard InChI is InChI=1S/C24H46N2O/c27-19-18-23(25-21-9-3-1-4-10-21)13-7-8-20-14-16-24(17-15-20)26-22-11-5-2-6-12-22/h20-27H,1-19H2. The molecule has 27 heavy (non-hydrogen) atoms. The lowest BCUT2D eigenvalue weighted by Crippen LogP contribution is -2.41. The van der Waals surface area contributed by atoms with E-state index in [0.29, 0.717) is 12.6 Å². The monoisotopic (exact) mass is 378 g/mol. The van der Waals surface area contributed by atoms with E-state index in [1.165, 1.54) is 109 Å². The van der Waals surface area contributed by atoms with E-state index in [-0.39, 0.29) is 0 Å². The van der Waals surface area contributed by atoms with E-state index in [4.69, 9.17) is 0 Å². The van der Waals surface area contributed by atoms with E-state index in [1.807, 2.05) is 0 Å². The van der Waals surface area contributed by atoms with Gasteiger partial charge in [0.2, 0.25) is 0 Å². The molecule has 3 saturated carbocycles. The van der Waals surface area contributed by atoms with Crippen LogP contribution >= 0.6 is 0 Å². The molecule has 0 radical (unpaired) electrons. The van der Waals surface area contributed by atoms with Gasteiger partial charge in [0.25, 0.3) is 0 Å². The Morgan fingerprint density at radius 2 is 1.26 bits per heavy atom. The molecule has 1 unspecified atom stereocenters. The Kier molecular flexibility index (Phi) is 9.95. The summed E-state index contributed by atoms with van der Waals surface area (Å²) in [5.74, 6) is 0.957. The summed E-state index contributed by atoms with van der Waals surface area (Å²) < 4.78 is 0. The lowest BCUT2D eigenvalue weighted by molar-refractivity contribution is 0.225. The number of hydrogen-bond acceptors (Lipinski definition) is 3. The number of nitrogens with one attached hydrogen (secondary N) is 2. The third kappa shape index (κ3) is 8.03. The molecule has 0 aromatic carbocycles. The van der Waals surface area contributed by atoms with E-state index in [9.17, 15) is 5.11 Å². The lowest BCUT2D eigenvalue weighted by Gasteiger charge is -2.34. The molecule has 0 aliphatic heterocycles. The maximum Gasteiger partial charge on any atom is 0.0445 e. The topological polar surface area (TPSA) is 44.3 Å². The smallest absolute Gasteiger partial charge is 0.0445 e. The second-order valence-electron chi connectivity index (χ2n) is 9.86. The zero-order valence-corrected chi connectivity index (χ0v) is 17.8. The van der Waals surface area contributed by atoms with Crippen LogP contribution in [0.15, 0.2) is 0 Å². The molecule has 3 aliphatic rings. The van der Waals surface area contributed by atoms with Gasteiger partial charge in [-0.3, -0.25) is 0 Å². The fourth-order valence-corrected chi connectivity index (χ4v) is 5.94. The quantitative estimate of drug-likeness (QED) is 0.482. The molecule has 158 valence electrons. The average Bonchev–Trinajstić information content (AvgIpc) is 2.71. The van der Waals surface area contributed by atoms with Gasteiger partial charge in [0.15, 0.2) is 0 Å². The maximum atomic E-state index is 9.43. The Balaban J connectivity index is 1.27. The number of rotatable bonds is 10. The molecule has 0 heterocycles. The Labute approximate surface area is 168 Å². The van der Waals surface area contributed by atoms with Crippen molar-refractivity contribution in [3.05, 3.63) is 0 Å². The predicted octanol–water partition coefficient (Wildman–Crippen LogP) is 5.31. The van der Waals surface area contributed by atoms with Gasteiger partial charge in [-0.1, -0.05) is 51.4 Å². The van der Waals surface area contributed by atoms with Gasteiger partial charge in [-0.15, -0.1) is 0 Å². The second-order valence-corrected chi connectivity index (χ2v) is 9.86. The number of hydrogen-bond donors (Lipinski definition) is 3. The maximum absolute atomic E-state index is 9.43. The number of aliphatic hydroxyl groups excluding tert-OH is 1. The normalized spacial score (nSPS) is 29.7. The van der Waals surface area contributed by atoms with Gasteiger partial charge in [0.1, 0.15) is 0 Å². The van der Waals surface area contributed by atoms with Gasteiger partial charge >= 0.3 is 0 Å². The highest BCUT2D eigenvalue weighted by molar-refractivity contribution is 4.83. The third-order valence-electron chi connectivity index (χ3n) is 7.64. The van der Waals surface area contributed by atoms with Crippen LogP contribution in [0.25, 0.3) is 0 Å². The molecule has 0 amide bonds. The van der Waals surface area contributed by atoms with Gasteiger partial charge in [0, 0.05) is 30.8 Å². The van der Waals surface area contributed by atoms with Gasteiger partial charge < -0.3 is 15.7 Å². The molecule has 0 aromatic rings. The van der Waals surface area contributed by atoms with Crippen LogP contribution < -0.4 is 10.6 Å². The van der Waals surface area contributed by atoms with Crippen LogP contribution in [0.2, 0.25) is 0 Å². The van der Waals surface area contributed by atoms with Crippen LogP contribution in [0.3, 0.4) is 0 Å². The first kappa shape index (κ1) is 21.6. The third-order valence-corrected chi connectivity index (χ3v) is 7.64. The van der Waals surface area contributed by atoms with Gasteiger partial charge in [-0.05, 0) is 70.1 Å². The Bertz CT molecular complexity index is 369. The number of aliphatic hydroxyl groups is 1. The van der Waals surface area contributed by atoms with Crippen molar-refractivity contribution in [2.45, 2.75) is 140 Å². The van der Waals surface area contributed by atoms with E-state index < -0.39 is 0 Å². The molecule has 0 bridgehead atoms. The summed E-state index contributed by atoms with van der Waals surface area (Å²) in [6.07, 6.45) is 24.7. The van der Waals surface area contributed by atoms with Crippen LogP contribution in [0.5, 0.6) is 0 Å². The molecule has 0 aromatic heterocycles. The molecule has 3 heteroatoms. The molecule has 3 nitrogen and oxygen atoms in total. The van der Waals surface area contributed by atoms with Crippen LogP contribution in [0.4, 0.5) is 0 Å². The van der Waals surface area contributed by atoms with Gasteiger partial charge in [0.05, 0.1) is 0 Å². The molecule has 1 atom stereocenters. The van der Waals surface area contributed by atoms with Crippen LogP contribution in [-0.4, -0.2) is 35.9 Å². The SMILES string of the molecule is OCCC(CCCC1CCC(NC2CCCCC2)CC1)NC1CCCCC1. The fourth-order valence-electron chi connectivity index (χ4n) is 5.94. The first-order chi connectivity index (χ1) is 13.3. The van der Waals surface area contributed by atoms with Gasteiger partial charge in [-0.25, -0.2) is 0 Å². The second kappa shape index (κ2) is 12.4. The summed E-state index contributed by atoms with van der Waals surface area (Å²) in [6, 6.07) is 2.89. The van der Waals surface area contributed by atoms with Gasteiger partial charge in [-0.2, -0.15) is 0 Å². The zero-order chi connectivity index (χ0) is 18.7. The summed E-state index contributed by atoms with van der Waals surface area (Å²) >= 11 is 0. The van der Waals surface area contributed by atoms with Crippen LogP contribution in [0.1, 0.15) is 116 Å². The first-order valence-corrected chi connectivity index (χ1v) is 12.5. The molecule has 0 spiro atoms. The average molecular weight is 379 g/mol. The van der Waals surface area contributed by atoms with E-state index in [2.05, 4.69) is 10.6 Å². The van der Waals surface area contributed by atoms with Crippen molar-refractivity contribution in [2.24, 2.45) is 5.92 Å². The highest BCUT2D eigenvalue weighted by Crippen LogP contribution is 2.30. The lowest BCUT2D eigenvalue weighted by atomic mass is 9.82. The first-order valence-electron chi connectivity index (χ1n) is 12.5. The molecular formula is C24H46N2O. The predicted molar refractivity (Wildman–Crippen MR) is 115 cm³/mol. The van der Waals surface area contributed by atoms with Crippen LogP contribution in [-0.2, 0) is 0 Å². The van der Waals surface area contributed by atoms with Crippen LogP contribution in [0, 0.1) is 5.92 Å². The minimum atomic E-state index is 0.336. The minimum absolute atomic E-state index is 0.336. The van der Waals surface area contributed by atoms with Crippen molar-refractivity contribution in [1.82, 2.24) is 10.6 Å². The van der Waals surface area contributed by atoms with E-state index >= 15 is 0 Å². The summed E-state index contributed by atoms with van der Waals surface area (Å²) in [5, 5.41) is 17.3. The molecule has 3 fully saturated rings. The Morgan fingerprint density at radius 3 is 1.89 bits per heavy atom. The molecule has 3 aliphatic carbocycles. The summed E-state index contributed by atoms with van der Waals surface area (Å²) in [5.41, 5.74) is 0. The summed E-state index contributed by atoms with van der Waals surface area (Å²) in [7, 11) is 0. The molecular weight excluding hydrogens is 332 g/mol. The Morgan fingerprint density at radius 1 is 0.667 bits per heavy atom. The molecule has 3 N–H and O–H groups in total. The van der Waals surface area contributed by atoms with Crippen molar-refractivity contribution in [3.8, 4) is 0 Å². The minimum Gasteiger partial charge on any atom is -0.396 e. The fraction of sp³-hybridized carbons (Fsp3) is 1.00. The Hall–Kier alpha value is -0.120. The van der Waals surface area contributed by atoms with Crippen molar-refractivity contribution in [3.63, 3.8) is 0 Å². The highest BCUT2D eigenvalue weighted by atomic mass is 16.3. The van der Waals surface area contributed by atoms with E-state index in [0.717, 1.165) is 30.5 Å². The molecule has 3 rings (SSSR count). The van der Waals surface area contributed by atoms with Crippen molar-refractivity contribution in [2.75, 3.05) is 6.61 Å². The zero-order valence-electron chi connectivity index (χ0n) is 17.8. The molecule has 0 saturated heterocycles. The summed E-state index contributed by atoms with van der Waals surface area (Å²) in [6.45, 7) is 0.336. The van der Waals surface area contributed by atoms with Crippen molar-refractivity contribution in [1.29, 1.82) is 0 Å². The van der Waals surface area contributed by atoms with Crippen molar-refractivity contribution < 1.29 is 5.11 Å². The highest BCUT2D eigenvalue weighted by Gasteiger charge is 2.24. The van der Waals surface area contributed by atoms with E-state index in [1.54, 1.807) is 0 Å².